The monoisotopic (exact) mass is 296 g/mol. The van der Waals surface area contributed by atoms with E-state index in [0.29, 0.717) is 4.47 Å². The fourth-order valence-electron chi connectivity index (χ4n) is 1.44. The summed E-state index contributed by atoms with van der Waals surface area (Å²) in [5.41, 5.74) is 2.04. The van der Waals surface area contributed by atoms with Crippen molar-refractivity contribution in [1.29, 1.82) is 0 Å². The Labute approximate surface area is 106 Å². The number of imide groups is 1. The molecule has 4 nitrogen and oxygen atoms in total. The molecular weight excluding hydrogens is 283 g/mol. The third-order valence-electron chi connectivity index (χ3n) is 2.35. The second-order valence-electron chi connectivity index (χ2n) is 3.84. The van der Waals surface area contributed by atoms with Gasteiger partial charge in [-0.05, 0) is 0 Å². The molecule has 0 radical (unpaired) electrons. The number of carbonyl (C=O) groups is 2. The van der Waals surface area contributed by atoms with Crippen LogP contribution in [0.5, 0.6) is 0 Å². The predicted octanol–water partition coefficient (Wildman–Crippen LogP) is 1.05. The number of carbonyl (C=O) groups excluding carboxylic acids is 2. The molecule has 1 aromatic rings. The standard InChI is InChI=1S/C12H12N2O2Se/c1-14(2)9-5-3-8(4-6-9)7-10-11(15)13-12(16)17-10/h3-7H,1-2H3,(H,13,15,16)/b10-7+. The molecule has 0 unspecified atom stereocenters. The summed E-state index contributed by atoms with van der Waals surface area (Å²) >= 11 is -0.392. The number of nitrogens with zero attached hydrogens (tertiary/aromatic N) is 1. The van der Waals surface area contributed by atoms with Crippen LogP contribution in [0.4, 0.5) is 10.5 Å². The van der Waals surface area contributed by atoms with Crippen LogP contribution in [0.1, 0.15) is 5.56 Å². The number of amides is 2. The topological polar surface area (TPSA) is 49.4 Å². The summed E-state index contributed by atoms with van der Waals surface area (Å²) in [6.07, 6.45) is 1.78. The zero-order valence-electron chi connectivity index (χ0n) is 9.56. The van der Waals surface area contributed by atoms with E-state index in [0.717, 1.165) is 11.3 Å². The molecule has 17 heavy (non-hydrogen) atoms. The van der Waals surface area contributed by atoms with Crippen molar-refractivity contribution in [2.75, 3.05) is 19.0 Å². The summed E-state index contributed by atoms with van der Waals surface area (Å²) < 4.78 is 0.583. The van der Waals surface area contributed by atoms with E-state index in [1.54, 1.807) is 6.08 Å². The maximum atomic E-state index is 11.4. The first-order chi connectivity index (χ1) is 8.06. The molecule has 0 saturated carbocycles. The van der Waals surface area contributed by atoms with Crippen LogP contribution in [-0.2, 0) is 4.79 Å². The second-order valence-corrected chi connectivity index (χ2v) is 5.97. The number of hydrogen-bond donors (Lipinski definition) is 1. The fraction of sp³-hybridized carbons (Fsp3) is 0.167. The molecule has 1 N–H and O–H groups in total. The predicted molar refractivity (Wildman–Crippen MR) is 68.0 cm³/mol. The molecule has 1 fully saturated rings. The first-order valence-corrected chi connectivity index (χ1v) is 6.80. The van der Waals surface area contributed by atoms with Gasteiger partial charge in [-0.15, -0.1) is 0 Å². The molecule has 5 heteroatoms. The van der Waals surface area contributed by atoms with Gasteiger partial charge in [0.25, 0.3) is 0 Å². The Morgan fingerprint density at radius 1 is 1.18 bits per heavy atom. The van der Waals surface area contributed by atoms with E-state index in [4.69, 9.17) is 0 Å². The minimum atomic E-state index is -0.392. The molecule has 1 aromatic carbocycles. The third-order valence-corrected chi connectivity index (χ3v) is 4.05. The van der Waals surface area contributed by atoms with E-state index in [1.807, 2.05) is 43.3 Å². The van der Waals surface area contributed by atoms with Crippen LogP contribution < -0.4 is 10.2 Å². The number of rotatable bonds is 2. The Morgan fingerprint density at radius 2 is 1.82 bits per heavy atom. The Kier molecular flexibility index (Phi) is 3.31. The Balaban J connectivity index is 2.21. The van der Waals surface area contributed by atoms with Crippen molar-refractivity contribution in [3.63, 3.8) is 0 Å². The summed E-state index contributed by atoms with van der Waals surface area (Å²) in [4.78, 5) is 24.3. The molecule has 0 atom stereocenters. The van der Waals surface area contributed by atoms with Gasteiger partial charge in [0.05, 0.1) is 0 Å². The van der Waals surface area contributed by atoms with E-state index in [9.17, 15) is 9.59 Å². The fourth-order valence-corrected chi connectivity index (χ4v) is 2.87. The van der Waals surface area contributed by atoms with Crippen molar-refractivity contribution in [1.82, 2.24) is 5.32 Å². The van der Waals surface area contributed by atoms with Gasteiger partial charge in [-0.2, -0.15) is 0 Å². The van der Waals surface area contributed by atoms with E-state index in [-0.39, 0.29) is 10.7 Å². The number of nitrogens with one attached hydrogen (secondary N) is 1. The zero-order valence-corrected chi connectivity index (χ0v) is 11.3. The summed E-state index contributed by atoms with van der Waals surface area (Å²) in [6.45, 7) is 0. The summed E-state index contributed by atoms with van der Waals surface area (Å²) in [7, 11) is 3.94. The SMILES string of the molecule is CN(C)c1ccc(/C=C2/[Se]C(=O)NC2=O)cc1. The van der Waals surface area contributed by atoms with Crippen molar-refractivity contribution in [2.45, 2.75) is 0 Å². The molecule has 1 saturated heterocycles. The minimum absolute atomic E-state index is 0.168. The van der Waals surface area contributed by atoms with Crippen LogP contribution in [0.2, 0.25) is 0 Å². The molecule has 0 spiro atoms. The number of benzene rings is 1. The zero-order chi connectivity index (χ0) is 12.4. The average molecular weight is 295 g/mol. The van der Waals surface area contributed by atoms with E-state index in [2.05, 4.69) is 5.32 Å². The van der Waals surface area contributed by atoms with Crippen LogP contribution in [0, 0.1) is 0 Å². The van der Waals surface area contributed by atoms with Gasteiger partial charge < -0.3 is 0 Å². The molecule has 2 amide bonds. The first kappa shape index (κ1) is 11.9. The van der Waals surface area contributed by atoms with Gasteiger partial charge >= 0.3 is 106 Å². The summed E-state index contributed by atoms with van der Waals surface area (Å²) in [5.74, 6) is -0.258. The molecule has 1 aliphatic heterocycles. The van der Waals surface area contributed by atoms with Crippen LogP contribution in [0.3, 0.4) is 0 Å². The van der Waals surface area contributed by atoms with Crippen LogP contribution >= 0.6 is 0 Å². The van der Waals surface area contributed by atoms with Crippen LogP contribution in [0.25, 0.3) is 6.08 Å². The van der Waals surface area contributed by atoms with Crippen LogP contribution in [-0.4, -0.2) is 39.8 Å². The van der Waals surface area contributed by atoms with Crippen molar-refractivity contribution < 1.29 is 9.59 Å². The molecule has 1 heterocycles. The first-order valence-electron chi connectivity index (χ1n) is 5.08. The average Bonchev–Trinajstić information content (AvgIpc) is 2.58. The van der Waals surface area contributed by atoms with Gasteiger partial charge in [0.1, 0.15) is 0 Å². The molecule has 88 valence electrons. The normalized spacial score (nSPS) is 17.4. The molecule has 0 aromatic heterocycles. The van der Waals surface area contributed by atoms with E-state index >= 15 is 0 Å². The van der Waals surface area contributed by atoms with Crippen molar-refractivity contribution in [2.24, 2.45) is 0 Å². The van der Waals surface area contributed by atoms with Crippen molar-refractivity contribution in [3.05, 3.63) is 34.3 Å². The van der Waals surface area contributed by atoms with Crippen molar-refractivity contribution >= 4 is 37.4 Å². The summed E-state index contributed by atoms with van der Waals surface area (Å²) in [6, 6.07) is 7.84. The Morgan fingerprint density at radius 3 is 2.29 bits per heavy atom. The molecular formula is C12H12N2O2Se. The maximum absolute atomic E-state index is 11.4. The quantitative estimate of drug-likeness (QED) is 0.655. The Hall–Kier alpha value is -1.58. The van der Waals surface area contributed by atoms with Crippen LogP contribution in [0.15, 0.2) is 28.7 Å². The molecule has 0 bridgehead atoms. The van der Waals surface area contributed by atoms with E-state index < -0.39 is 15.0 Å². The van der Waals surface area contributed by atoms with Gasteiger partial charge in [0.15, 0.2) is 0 Å². The van der Waals surface area contributed by atoms with Gasteiger partial charge in [0, 0.05) is 0 Å². The van der Waals surface area contributed by atoms with E-state index in [1.165, 1.54) is 0 Å². The second kappa shape index (κ2) is 4.73. The van der Waals surface area contributed by atoms with Crippen molar-refractivity contribution in [3.8, 4) is 0 Å². The number of hydrogen-bond acceptors (Lipinski definition) is 3. The van der Waals surface area contributed by atoms with Gasteiger partial charge in [-0.3, -0.25) is 0 Å². The van der Waals surface area contributed by atoms with Gasteiger partial charge in [-0.1, -0.05) is 0 Å². The Bertz CT molecular complexity index is 492. The number of anilines is 1. The molecule has 2 rings (SSSR count). The summed E-state index contributed by atoms with van der Waals surface area (Å²) in [5, 5.41) is 2.29. The van der Waals surface area contributed by atoms with Gasteiger partial charge in [-0.25, -0.2) is 0 Å². The third kappa shape index (κ3) is 2.75. The molecule has 1 aliphatic rings. The van der Waals surface area contributed by atoms with Gasteiger partial charge in [0.2, 0.25) is 0 Å². The molecule has 0 aliphatic carbocycles.